The Balaban J connectivity index is 0.000000148. The molecule has 13 rings (SSSR count). The van der Waals surface area contributed by atoms with E-state index in [1.165, 1.54) is 79.9 Å². The number of aliphatic imine (C=N–C) groups is 2. The smallest absolute Gasteiger partial charge is 0.372 e. The highest BCUT2D eigenvalue weighted by Gasteiger charge is 2.12. The van der Waals surface area contributed by atoms with Gasteiger partial charge in [-0.1, -0.05) is 19.7 Å². The summed E-state index contributed by atoms with van der Waals surface area (Å²) in [7, 11) is 0. The van der Waals surface area contributed by atoms with Crippen molar-refractivity contribution in [3.05, 3.63) is 266 Å². The van der Waals surface area contributed by atoms with E-state index in [-0.39, 0.29) is 12.1 Å². The molecule has 0 saturated heterocycles. The van der Waals surface area contributed by atoms with Crippen LogP contribution < -0.4 is 5.73 Å². The summed E-state index contributed by atoms with van der Waals surface area (Å²) in [4.78, 5) is 92.5. The van der Waals surface area contributed by atoms with Gasteiger partial charge in [0.1, 0.15) is 129 Å². The fourth-order valence-electron chi connectivity index (χ4n) is 7.01. The molecule has 452 valence electrons. The van der Waals surface area contributed by atoms with E-state index < -0.39 is 6.03 Å². The number of carbonyl (C=O) groups is 3. The van der Waals surface area contributed by atoms with Gasteiger partial charge in [-0.05, 0) is 40.7 Å². The molecule has 13 aromatic rings. The number of hydrogen-bond acceptors (Lipinski definition) is 20. The molecule has 0 aliphatic carbocycles. The molecule has 0 atom stereocenters. The molecule has 0 unspecified atom stereocenters. The zero-order valence-corrected chi connectivity index (χ0v) is 48.5. The van der Waals surface area contributed by atoms with Gasteiger partial charge in [-0.2, -0.15) is 24.7 Å². The standard InChI is InChI=1S/C10H12N4.C9H10N4O.C9H10N4.C8H8N4.C7H6N4O.C6H8N6.C5H4N6O/c1-8-11-4-6-13(8)10(3)14-7-5-12-9(14)2;1-7-10-3-5-12(7)9(14)13-6-4-11-8(13)2;1-2-9(12-5-3-10-7-12)13-6-4-11-8-13;1-8(11-4-2-9-6-11)12-5-3-10-7-12;12-7(10-3-1-8-5-10)11-4-2-9-6-11;1-6(10-3-8-2-7)12-5-9-4-11-12;12-5(10-3-6-1-8-10)11-4-7-2-9-11/h4-7H,3H2,1-2H3;3-6H,1-2H3;2-8H,1H3;2-7H,1H2;1-6H;2-5H,1H2,(H2,7,8,10);1-4H. The summed E-state index contributed by atoms with van der Waals surface area (Å²) in [6.07, 6.45) is 56.7. The van der Waals surface area contributed by atoms with Gasteiger partial charge >= 0.3 is 18.1 Å². The molecule has 0 spiro atoms. The van der Waals surface area contributed by atoms with Crippen LogP contribution in [0.15, 0.2) is 236 Å². The summed E-state index contributed by atoms with van der Waals surface area (Å²) in [5.41, 5.74) is 4.99. The molecule has 13 aromatic heterocycles. The highest BCUT2D eigenvalue weighted by Crippen LogP contribution is 2.08. The van der Waals surface area contributed by atoms with Crippen molar-refractivity contribution < 1.29 is 14.4 Å². The predicted octanol–water partition coefficient (Wildman–Crippen LogP) is 4.54. The Hall–Kier alpha value is -13.4. The maximum Gasteiger partial charge on any atom is 0.372 e. The van der Waals surface area contributed by atoms with Gasteiger partial charge in [0.05, 0.1) is 6.34 Å². The van der Waals surface area contributed by atoms with Crippen molar-refractivity contribution in [3.8, 4) is 0 Å². The molecule has 0 radical (unpaired) electrons. The highest BCUT2D eigenvalue weighted by molar-refractivity contribution is 5.80. The molecule has 35 heteroatoms. The van der Waals surface area contributed by atoms with Crippen molar-refractivity contribution in [2.75, 3.05) is 0 Å². The first-order chi connectivity index (χ1) is 43.3. The molecule has 0 aliphatic rings. The minimum atomic E-state index is -0.412. The molecule has 0 saturated carbocycles. The van der Waals surface area contributed by atoms with Gasteiger partial charge in [-0.25, -0.2) is 93.8 Å². The molecule has 0 amide bonds. The molecule has 2 N–H and O–H groups in total. The largest absolute Gasteiger partial charge is 0.390 e. The van der Waals surface area contributed by atoms with Crippen LogP contribution in [-0.4, -0.2) is 171 Å². The second kappa shape index (κ2) is 32.5. The lowest BCUT2D eigenvalue weighted by Crippen LogP contribution is -2.20. The first-order valence-corrected chi connectivity index (χ1v) is 25.9. The number of hydrogen-bond donors (Lipinski definition) is 1. The van der Waals surface area contributed by atoms with Crippen LogP contribution in [-0.2, 0) is 0 Å². The van der Waals surface area contributed by atoms with Gasteiger partial charge in [0.15, 0.2) is 0 Å². The van der Waals surface area contributed by atoms with Gasteiger partial charge in [0.25, 0.3) is 0 Å². The molecular formula is C54H58N32O3. The summed E-state index contributed by atoms with van der Waals surface area (Å²) in [6.45, 7) is 20.9. The van der Waals surface area contributed by atoms with Crippen molar-refractivity contribution in [1.29, 1.82) is 0 Å². The van der Waals surface area contributed by atoms with Crippen molar-refractivity contribution in [2.45, 2.75) is 34.6 Å². The summed E-state index contributed by atoms with van der Waals surface area (Å²) in [6, 6.07) is -0.759. The van der Waals surface area contributed by atoms with E-state index in [1.54, 1.807) is 126 Å². The van der Waals surface area contributed by atoms with Crippen LogP contribution in [0.5, 0.6) is 0 Å². The third-order valence-corrected chi connectivity index (χ3v) is 11.4. The van der Waals surface area contributed by atoms with E-state index in [0.29, 0.717) is 17.5 Å². The minimum Gasteiger partial charge on any atom is -0.390 e. The average molecular weight is 1200 g/mol. The summed E-state index contributed by atoms with van der Waals surface area (Å²) < 4.78 is 20.6. The normalized spacial score (nSPS) is 10.3. The number of nitrogens with two attached hydrogens (primary N) is 1. The van der Waals surface area contributed by atoms with Gasteiger partial charge in [0.2, 0.25) is 0 Å². The quantitative estimate of drug-likeness (QED) is 0.153. The first-order valence-electron chi connectivity index (χ1n) is 25.9. The maximum absolute atomic E-state index is 11.9. The molecule has 0 fully saturated rings. The molecule has 89 heavy (non-hydrogen) atoms. The fraction of sp³-hybridized carbons (Fsp3) is 0.0926. The molecular weight excluding hydrogens is 1140 g/mol. The molecule has 0 aliphatic heterocycles. The van der Waals surface area contributed by atoms with Crippen molar-refractivity contribution >= 4 is 36.6 Å². The lowest BCUT2D eigenvalue weighted by atomic mass is 10.5. The second-order valence-corrected chi connectivity index (χ2v) is 17.0. The van der Waals surface area contributed by atoms with Crippen molar-refractivity contribution in [1.82, 2.24) is 140 Å². The maximum atomic E-state index is 11.9. The van der Waals surface area contributed by atoms with E-state index in [1.807, 2.05) is 91.4 Å². The molecule has 0 aromatic carbocycles. The Morgan fingerprint density at radius 3 is 1.06 bits per heavy atom. The number of nitrogens with zero attached hydrogens (tertiary/aromatic N) is 31. The Labute approximate surface area is 505 Å². The van der Waals surface area contributed by atoms with Crippen LogP contribution >= 0.6 is 0 Å². The fourth-order valence-corrected chi connectivity index (χ4v) is 7.01. The third kappa shape index (κ3) is 17.8. The van der Waals surface area contributed by atoms with Crippen LogP contribution in [0.4, 0.5) is 14.4 Å². The van der Waals surface area contributed by atoms with Gasteiger partial charge in [-0.15, -0.1) is 0 Å². The summed E-state index contributed by atoms with van der Waals surface area (Å²) in [5.74, 6) is 6.28. The molecule has 35 nitrogen and oxygen atoms in total. The van der Waals surface area contributed by atoms with Crippen molar-refractivity contribution in [3.63, 3.8) is 0 Å². The Morgan fingerprint density at radius 1 is 0.404 bits per heavy atom. The number of aryl methyl sites for hydroxylation is 4. The zero-order valence-electron chi connectivity index (χ0n) is 48.5. The first kappa shape index (κ1) is 63.2. The number of rotatable bonds is 9. The highest BCUT2D eigenvalue weighted by atomic mass is 16.2. The van der Waals surface area contributed by atoms with Crippen LogP contribution in [0.3, 0.4) is 0 Å². The van der Waals surface area contributed by atoms with Crippen LogP contribution in [0.2, 0.25) is 0 Å². The van der Waals surface area contributed by atoms with E-state index >= 15 is 0 Å². The second-order valence-electron chi connectivity index (χ2n) is 17.0. The zero-order chi connectivity index (χ0) is 63.3. The monoisotopic (exact) mass is 1200 g/mol. The molecule has 0 bridgehead atoms. The van der Waals surface area contributed by atoms with Gasteiger partial charge in [-0.3, -0.25) is 45.7 Å². The van der Waals surface area contributed by atoms with Crippen LogP contribution in [0.1, 0.15) is 30.2 Å². The van der Waals surface area contributed by atoms with Crippen molar-refractivity contribution in [2.24, 2.45) is 15.7 Å². The van der Waals surface area contributed by atoms with Crippen LogP contribution in [0.25, 0.3) is 5.82 Å². The molecule has 13 heterocycles. The topological polar surface area (TPSA) is 372 Å². The Morgan fingerprint density at radius 2 is 0.753 bits per heavy atom. The summed E-state index contributed by atoms with van der Waals surface area (Å²) >= 11 is 0. The predicted molar refractivity (Wildman–Crippen MR) is 320 cm³/mol. The minimum absolute atomic E-state index is 0.157. The lowest BCUT2D eigenvalue weighted by molar-refractivity contribution is 0.238. The van der Waals surface area contributed by atoms with Gasteiger partial charge in [0, 0.05) is 124 Å². The number of allylic oxidation sites excluding steroid dienone is 1. The lowest BCUT2D eigenvalue weighted by Gasteiger charge is -2.10. The average Bonchev–Trinajstić information content (AvgIpc) is 4.09. The van der Waals surface area contributed by atoms with E-state index in [4.69, 9.17) is 5.73 Å². The number of carbonyl (C=O) groups excluding carboxylic acids is 3. The number of aromatic nitrogens is 29. The Kier molecular flexibility index (Phi) is 23.1. The Bertz CT molecular complexity index is 3740. The van der Waals surface area contributed by atoms with E-state index in [0.717, 1.165) is 44.8 Å². The van der Waals surface area contributed by atoms with Crippen LogP contribution in [0, 0.1) is 45.2 Å². The summed E-state index contributed by atoms with van der Waals surface area (Å²) in [5, 5.41) is 11.1. The third-order valence-electron chi connectivity index (χ3n) is 11.4. The van der Waals surface area contributed by atoms with E-state index in [2.05, 4.69) is 110 Å². The number of imidazole rings is 10. The SMILES string of the molecule is C=C(N=CN=CN)n1cncn1.C=C(n1ccnc1)n1ccnc1.C=C(n1ccnc1C)n1ccnc1C.CC=C(n1ccnc1)n1ccnc1.Cc1nccn1C(=O)n1ccnc1C.O=C(n1ccnc1)n1ccnc1.O=C(n1cncn1)n1cncn1. The van der Waals surface area contributed by atoms with E-state index in [9.17, 15) is 14.4 Å². The van der Waals surface area contributed by atoms with Gasteiger partial charge < -0.3 is 5.73 Å².